The molecule has 4 nitrogen and oxygen atoms in total. The first kappa shape index (κ1) is 13.9. The molecular weight excluding hydrogens is 281 g/mol. The van der Waals surface area contributed by atoms with Crippen molar-refractivity contribution in [3.63, 3.8) is 0 Å². The minimum atomic E-state index is -0.125. The topological polar surface area (TPSA) is 42.2 Å². The predicted molar refractivity (Wildman–Crippen MR) is 79.9 cm³/mol. The lowest BCUT2D eigenvalue weighted by atomic mass is 9.97. The molecule has 1 aliphatic carbocycles. The van der Waals surface area contributed by atoms with Gasteiger partial charge in [0.05, 0.1) is 0 Å². The lowest BCUT2D eigenvalue weighted by Crippen LogP contribution is -2.34. The second-order valence-corrected chi connectivity index (χ2v) is 6.43. The van der Waals surface area contributed by atoms with Gasteiger partial charge in [0.25, 0.3) is 0 Å². The number of hydrogen-bond donors (Lipinski definition) is 0. The van der Waals surface area contributed by atoms with Gasteiger partial charge in [-0.15, -0.1) is 0 Å². The van der Waals surface area contributed by atoms with Crippen LogP contribution in [0.4, 0.5) is 4.39 Å². The average Bonchev–Trinajstić information content (AvgIpc) is 3.27. The van der Waals surface area contributed by atoms with Crippen molar-refractivity contribution in [2.24, 2.45) is 0 Å². The molecule has 1 atom stereocenters. The summed E-state index contributed by atoms with van der Waals surface area (Å²) < 4.78 is 19.2. The Balaban J connectivity index is 1.43. The van der Waals surface area contributed by atoms with Crippen LogP contribution < -0.4 is 0 Å². The molecule has 116 valence electrons. The molecule has 0 N–H and O–H groups in total. The largest absolute Gasteiger partial charge is 0.339 e. The molecule has 4 rings (SSSR count). The van der Waals surface area contributed by atoms with Crippen LogP contribution in [0.5, 0.6) is 0 Å². The van der Waals surface area contributed by atoms with Crippen molar-refractivity contribution in [1.29, 1.82) is 0 Å². The van der Waals surface area contributed by atoms with Crippen LogP contribution in [0.2, 0.25) is 0 Å². The Morgan fingerprint density at radius 1 is 1.18 bits per heavy atom. The van der Waals surface area contributed by atoms with Gasteiger partial charge in [-0.1, -0.05) is 23.4 Å². The van der Waals surface area contributed by atoms with Crippen LogP contribution >= 0.6 is 0 Å². The fourth-order valence-corrected chi connectivity index (χ4v) is 3.19. The Hall–Kier alpha value is -1.75. The van der Waals surface area contributed by atoms with E-state index in [1.807, 2.05) is 12.1 Å². The summed E-state index contributed by atoms with van der Waals surface area (Å²) in [5, 5.41) is 4.17. The lowest BCUT2D eigenvalue weighted by molar-refractivity contribution is 0.192. The summed E-state index contributed by atoms with van der Waals surface area (Å²) in [5.41, 5.74) is 0.759. The van der Waals surface area contributed by atoms with Crippen molar-refractivity contribution < 1.29 is 8.91 Å². The molecule has 0 radical (unpaired) electrons. The van der Waals surface area contributed by atoms with E-state index in [1.165, 1.54) is 18.9 Å². The van der Waals surface area contributed by atoms with E-state index in [4.69, 9.17) is 4.52 Å². The first-order chi connectivity index (χ1) is 10.8. The molecule has 1 aliphatic heterocycles. The number of piperidine rings is 1. The van der Waals surface area contributed by atoms with Gasteiger partial charge in [-0.25, -0.2) is 4.39 Å². The van der Waals surface area contributed by atoms with E-state index in [9.17, 15) is 4.39 Å². The normalized spacial score (nSPS) is 22.9. The summed E-state index contributed by atoms with van der Waals surface area (Å²) in [7, 11) is 0. The van der Waals surface area contributed by atoms with E-state index in [1.54, 1.807) is 6.07 Å². The molecular formula is C17H20FN3O. The second-order valence-electron chi connectivity index (χ2n) is 6.43. The summed E-state index contributed by atoms with van der Waals surface area (Å²) in [5.74, 6) is 2.32. The minimum Gasteiger partial charge on any atom is -0.339 e. The van der Waals surface area contributed by atoms with E-state index < -0.39 is 0 Å². The van der Waals surface area contributed by atoms with Crippen LogP contribution in [-0.2, 0) is 6.54 Å². The zero-order valence-corrected chi connectivity index (χ0v) is 12.5. The van der Waals surface area contributed by atoms with Crippen LogP contribution in [0.15, 0.2) is 28.8 Å². The standard InChI is InChI=1S/C17H20FN3O/c18-15-6-2-1-4-13(15)10-21-9-3-5-14(11-21)16-19-17(22-20-16)12-7-8-12/h1-2,4,6,12,14H,3,5,7-11H2/t14-/m1/s1. The highest BCUT2D eigenvalue weighted by molar-refractivity contribution is 5.17. The number of benzene rings is 1. The van der Waals surface area contributed by atoms with Crippen molar-refractivity contribution >= 4 is 0 Å². The third-order valence-corrected chi connectivity index (χ3v) is 4.61. The van der Waals surface area contributed by atoms with Crippen molar-refractivity contribution in [2.45, 2.75) is 44.1 Å². The number of aromatic nitrogens is 2. The number of likely N-dealkylation sites (tertiary alicyclic amines) is 1. The van der Waals surface area contributed by atoms with Crippen molar-refractivity contribution in [3.05, 3.63) is 47.4 Å². The predicted octanol–water partition coefficient (Wildman–Crippen LogP) is 3.47. The molecule has 0 amide bonds. The van der Waals surface area contributed by atoms with E-state index in [2.05, 4.69) is 15.0 Å². The molecule has 2 aromatic rings. The van der Waals surface area contributed by atoms with Crippen molar-refractivity contribution in [3.8, 4) is 0 Å². The quantitative estimate of drug-likeness (QED) is 0.867. The molecule has 0 bridgehead atoms. The Bertz CT molecular complexity index is 653. The number of rotatable bonds is 4. The van der Waals surface area contributed by atoms with Crippen molar-refractivity contribution in [2.75, 3.05) is 13.1 Å². The molecule has 1 saturated carbocycles. The monoisotopic (exact) mass is 301 g/mol. The average molecular weight is 301 g/mol. The maximum Gasteiger partial charge on any atom is 0.229 e. The maximum absolute atomic E-state index is 13.8. The Morgan fingerprint density at radius 2 is 2.05 bits per heavy atom. The zero-order valence-electron chi connectivity index (χ0n) is 12.5. The molecule has 5 heteroatoms. The maximum atomic E-state index is 13.8. The fraction of sp³-hybridized carbons (Fsp3) is 0.529. The third kappa shape index (κ3) is 2.90. The first-order valence-corrected chi connectivity index (χ1v) is 8.09. The first-order valence-electron chi connectivity index (χ1n) is 8.09. The van der Waals surface area contributed by atoms with Crippen LogP contribution in [0.1, 0.15) is 54.8 Å². The van der Waals surface area contributed by atoms with Gasteiger partial charge in [0.15, 0.2) is 5.82 Å². The molecule has 1 aromatic carbocycles. The van der Waals surface area contributed by atoms with E-state index in [-0.39, 0.29) is 5.82 Å². The second kappa shape index (κ2) is 5.80. The lowest BCUT2D eigenvalue weighted by Gasteiger charge is -2.31. The van der Waals surface area contributed by atoms with Gasteiger partial charge in [-0.3, -0.25) is 4.90 Å². The molecule has 1 saturated heterocycles. The summed E-state index contributed by atoms with van der Waals surface area (Å²) >= 11 is 0. The molecule has 0 spiro atoms. The molecule has 0 unspecified atom stereocenters. The molecule has 2 heterocycles. The van der Waals surface area contributed by atoms with Crippen molar-refractivity contribution in [1.82, 2.24) is 15.0 Å². The molecule has 1 aromatic heterocycles. The van der Waals surface area contributed by atoms with Crippen LogP contribution in [-0.4, -0.2) is 28.1 Å². The smallest absolute Gasteiger partial charge is 0.229 e. The van der Waals surface area contributed by atoms with Gasteiger partial charge in [0, 0.05) is 30.5 Å². The molecule has 22 heavy (non-hydrogen) atoms. The molecule has 2 aliphatic rings. The van der Waals surface area contributed by atoms with Gasteiger partial charge in [0.1, 0.15) is 5.82 Å². The Kier molecular flexibility index (Phi) is 3.66. The highest BCUT2D eigenvalue weighted by atomic mass is 19.1. The Labute approximate surface area is 129 Å². The summed E-state index contributed by atoms with van der Waals surface area (Å²) in [6.45, 7) is 2.52. The summed E-state index contributed by atoms with van der Waals surface area (Å²) in [6.07, 6.45) is 4.52. The van der Waals surface area contributed by atoms with Gasteiger partial charge in [-0.05, 0) is 38.3 Å². The van der Waals surface area contributed by atoms with Gasteiger partial charge in [-0.2, -0.15) is 4.98 Å². The fourth-order valence-electron chi connectivity index (χ4n) is 3.19. The summed E-state index contributed by atoms with van der Waals surface area (Å²) in [4.78, 5) is 6.87. The van der Waals surface area contributed by atoms with Crippen LogP contribution in [0, 0.1) is 5.82 Å². The highest BCUT2D eigenvalue weighted by Gasteiger charge is 2.32. The molecule has 2 fully saturated rings. The van der Waals surface area contributed by atoms with Crippen LogP contribution in [0.3, 0.4) is 0 Å². The zero-order chi connectivity index (χ0) is 14.9. The third-order valence-electron chi connectivity index (χ3n) is 4.61. The van der Waals surface area contributed by atoms with Gasteiger partial charge < -0.3 is 4.52 Å². The van der Waals surface area contributed by atoms with Gasteiger partial charge >= 0.3 is 0 Å². The number of nitrogens with zero attached hydrogens (tertiary/aromatic N) is 3. The van der Waals surface area contributed by atoms with Gasteiger partial charge in [0.2, 0.25) is 5.89 Å². The van der Waals surface area contributed by atoms with E-state index >= 15 is 0 Å². The van der Waals surface area contributed by atoms with E-state index in [0.717, 1.165) is 43.2 Å². The Morgan fingerprint density at radius 3 is 2.86 bits per heavy atom. The summed E-state index contributed by atoms with van der Waals surface area (Å²) in [6, 6.07) is 7.01. The van der Waals surface area contributed by atoms with E-state index in [0.29, 0.717) is 18.4 Å². The SMILES string of the molecule is Fc1ccccc1CN1CCC[C@@H](c2noc(C3CC3)n2)C1. The minimum absolute atomic E-state index is 0.125. The number of halogens is 1. The van der Waals surface area contributed by atoms with Crippen LogP contribution in [0.25, 0.3) is 0 Å². The highest BCUT2D eigenvalue weighted by Crippen LogP contribution is 2.39. The number of hydrogen-bond acceptors (Lipinski definition) is 4.